The largest absolute Gasteiger partial charge is 0.393 e. The summed E-state index contributed by atoms with van der Waals surface area (Å²) < 4.78 is 0. The molecule has 0 bridgehead atoms. The second-order valence-electron chi connectivity index (χ2n) is 5.27. The molecule has 2 heterocycles. The molecule has 0 spiro atoms. The van der Waals surface area contributed by atoms with E-state index in [-0.39, 0.29) is 12.1 Å². The fourth-order valence-electron chi connectivity index (χ4n) is 2.72. The van der Waals surface area contributed by atoms with Gasteiger partial charge in [0.15, 0.2) is 0 Å². The fraction of sp³-hybridized carbons (Fsp3) is 0.467. The first-order chi connectivity index (χ1) is 9.72. The van der Waals surface area contributed by atoms with Crippen LogP contribution in [0, 0.1) is 0 Å². The quantitative estimate of drug-likeness (QED) is 0.809. The van der Waals surface area contributed by atoms with Crippen LogP contribution in [0.1, 0.15) is 30.9 Å². The molecule has 3 rings (SSSR count). The predicted molar refractivity (Wildman–Crippen MR) is 81.3 cm³/mol. The summed E-state index contributed by atoms with van der Waals surface area (Å²) in [5.41, 5.74) is 1.16. The molecule has 5 heteroatoms. The Morgan fingerprint density at radius 1 is 1.15 bits per heavy atom. The Hall–Kier alpha value is -1.39. The van der Waals surface area contributed by atoms with Gasteiger partial charge in [-0.25, -0.2) is 9.98 Å². The van der Waals surface area contributed by atoms with Crippen LogP contribution in [-0.4, -0.2) is 40.3 Å². The highest BCUT2D eigenvalue weighted by molar-refractivity contribution is 6.65. The molecule has 4 nitrogen and oxygen atoms in total. The first kappa shape index (κ1) is 13.6. The maximum absolute atomic E-state index is 9.59. The van der Waals surface area contributed by atoms with Gasteiger partial charge in [-0.05, 0) is 30.0 Å². The molecular formula is C15H18ClN3O. The molecule has 1 aromatic rings. The lowest BCUT2D eigenvalue weighted by Crippen LogP contribution is -2.41. The van der Waals surface area contributed by atoms with Crippen molar-refractivity contribution in [3.63, 3.8) is 0 Å². The average molecular weight is 292 g/mol. The molecule has 0 amide bonds. The van der Waals surface area contributed by atoms with E-state index in [1.807, 2.05) is 18.2 Å². The van der Waals surface area contributed by atoms with E-state index in [9.17, 15) is 5.11 Å². The highest BCUT2D eigenvalue weighted by atomic mass is 35.5. The number of aliphatic hydroxyl groups excluding tert-OH is 1. The first-order valence-electron chi connectivity index (χ1n) is 7.01. The Bertz CT molecular complexity index is 521. The van der Waals surface area contributed by atoms with Gasteiger partial charge in [0.1, 0.15) is 5.84 Å². The molecule has 20 heavy (non-hydrogen) atoms. The van der Waals surface area contributed by atoms with Crippen molar-refractivity contribution in [1.82, 2.24) is 4.90 Å². The third kappa shape index (κ3) is 3.02. The Morgan fingerprint density at radius 2 is 1.85 bits per heavy atom. The van der Waals surface area contributed by atoms with Gasteiger partial charge < -0.3 is 10.0 Å². The van der Waals surface area contributed by atoms with Gasteiger partial charge in [0.2, 0.25) is 5.29 Å². The molecule has 1 fully saturated rings. The van der Waals surface area contributed by atoms with Gasteiger partial charge in [0.05, 0.1) is 12.1 Å². The molecule has 2 aliphatic heterocycles. The van der Waals surface area contributed by atoms with Gasteiger partial charge in [-0.2, -0.15) is 0 Å². The average Bonchev–Trinajstić information content (AvgIpc) is 2.48. The van der Waals surface area contributed by atoms with Gasteiger partial charge in [-0.1, -0.05) is 30.3 Å². The van der Waals surface area contributed by atoms with Crippen molar-refractivity contribution in [2.24, 2.45) is 9.98 Å². The van der Waals surface area contributed by atoms with Crippen LogP contribution in [0.3, 0.4) is 0 Å². The smallest absolute Gasteiger partial charge is 0.220 e. The molecule has 1 saturated heterocycles. The summed E-state index contributed by atoms with van der Waals surface area (Å²) in [5.74, 6) is 0.991. The van der Waals surface area contributed by atoms with Crippen molar-refractivity contribution in [3.05, 3.63) is 35.9 Å². The number of nitrogens with zero attached hydrogens (tertiary/aromatic N) is 3. The molecular weight excluding hydrogens is 274 g/mol. The summed E-state index contributed by atoms with van der Waals surface area (Å²) >= 11 is 6.09. The van der Waals surface area contributed by atoms with Crippen LogP contribution in [0.15, 0.2) is 40.3 Å². The second-order valence-corrected chi connectivity index (χ2v) is 5.61. The topological polar surface area (TPSA) is 48.2 Å². The number of benzene rings is 1. The summed E-state index contributed by atoms with van der Waals surface area (Å²) in [7, 11) is 0. The summed E-state index contributed by atoms with van der Waals surface area (Å²) in [5, 5.41) is 9.92. The maximum Gasteiger partial charge on any atom is 0.220 e. The number of halogens is 1. The maximum atomic E-state index is 9.59. The van der Waals surface area contributed by atoms with Crippen molar-refractivity contribution in [2.45, 2.75) is 31.4 Å². The van der Waals surface area contributed by atoms with Crippen LogP contribution in [-0.2, 0) is 0 Å². The van der Waals surface area contributed by atoms with Crippen molar-refractivity contribution < 1.29 is 5.11 Å². The van der Waals surface area contributed by atoms with E-state index in [0.717, 1.165) is 43.8 Å². The van der Waals surface area contributed by atoms with Crippen molar-refractivity contribution in [1.29, 1.82) is 0 Å². The number of rotatable bonds is 1. The molecule has 0 saturated carbocycles. The summed E-state index contributed by atoms with van der Waals surface area (Å²) in [6.45, 7) is 1.68. The van der Waals surface area contributed by atoms with E-state index < -0.39 is 0 Å². The molecule has 0 aromatic heterocycles. The zero-order chi connectivity index (χ0) is 13.9. The van der Waals surface area contributed by atoms with E-state index in [1.54, 1.807) is 0 Å². The minimum Gasteiger partial charge on any atom is -0.393 e. The molecule has 1 atom stereocenters. The highest BCUT2D eigenvalue weighted by Gasteiger charge is 2.25. The number of piperidine rings is 1. The standard InChI is InChI=1S/C15H18ClN3O/c16-15-17-13(11-4-2-1-3-5-11)10-14(18-15)19-8-6-12(20)7-9-19/h1-5,12-13,20H,6-10H2. The van der Waals surface area contributed by atoms with Crippen molar-refractivity contribution >= 4 is 22.7 Å². The zero-order valence-electron chi connectivity index (χ0n) is 11.2. The van der Waals surface area contributed by atoms with E-state index in [1.165, 1.54) is 0 Å². The van der Waals surface area contributed by atoms with Crippen LogP contribution >= 0.6 is 11.6 Å². The number of aliphatic hydroxyl groups is 1. The predicted octanol–water partition coefficient (Wildman–Crippen LogP) is 2.58. The van der Waals surface area contributed by atoms with E-state index >= 15 is 0 Å². The Kier molecular flexibility index (Phi) is 4.03. The monoisotopic (exact) mass is 291 g/mol. The van der Waals surface area contributed by atoms with E-state index in [2.05, 4.69) is 27.0 Å². The van der Waals surface area contributed by atoms with E-state index in [4.69, 9.17) is 11.6 Å². The third-order valence-corrected chi connectivity index (χ3v) is 4.06. The van der Waals surface area contributed by atoms with Gasteiger partial charge in [-0.15, -0.1) is 0 Å². The molecule has 0 aliphatic carbocycles. The van der Waals surface area contributed by atoms with Gasteiger partial charge in [-0.3, -0.25) is 0 Å². The lowest BCUT2D eigenvalue weighted by molar-refractivity contribution is 0.108. The molecule has 1 unspecified atom stereocenters. The number of aliphatic imine (C=N–C) groups is 2. The Morgan fingerprint density at radius 3 is 2.55 bits per heavy atom. The van der Waals surface area contributed by atoms with Gasteiger partial charge in [0, 0.05) is 19.5 Å². The highest BCUT2D eigenvalue weighted by Crippen LogP contribution is 2.27. The van der Waals surface area contributed by atoms with Crippen molar-refractivity contribution in [3.8, 4) is 0 Å². The molecule has 1 aromatic carbocycles. The number of hydrogen-bond donors (Lipinski definition) is 1. The SMILES string of the molecule is OC1CCN(C2=NC(Cl)=NC(c3ccccc3)C2)CC1. The molecule has 2 aliphatic rings. The Labute approximate surface area is 123 Å². The summed E-state index contributed by atoms with van der Waals surface area (Å²) in [4.78, 5) is 11.0. The Balaban J connectivity index is 1.75. The second kappa shape index (κ2) is 5.94. The molecule has 106 valence electrons. The van der Waals surface area contributed by atoms with Gasteiger partial charge >= 0.3 is 0 Å². The van der Waals surface area contributed by atoms with Gasteiger partial charge in [0.25, 0.3) is 0 Å². The van der Waals surface area contributed by atoms with Crippen LogP contribution < -0.4 is 0 Å². The zero-order valence-corrected chi connectivity index (χ0v) is 12.0. The van der Waals surface area contributed by atoms with Crippen LogP contribution in [0.4, 0.5) is 0 Å². The summed E-state index contributed by atoms with van der Waals surface area (Å²) in [6, 6.07) is 10.2. The van der Waals surface area contributed by atoms with E-state index in [0.29, 0.717) is 5.29 Å². The number of likely N-dealkylation sites (tertiary alicyclic amines) is 1. The number of hydrogen-bond acceptors (Lipinski definition) is 4. The number of amidine groups is 2. The lowest BCUT2D eigenvalue weighted by Gasteiger charge is -2.34. The third-order valence-electron chi connectivity index (χ3n) is 3.87. The lowest BCUT2D eigenvalue weighted by atomic mass is 10.0. The minimum absolute atomic E-state index is 0.0445. The normalized spacial score (nSPS) is 24.3. The first-order valence-corrected chi connectivity index (χ1v) is 7.39. The van der Waals surface area contributed by atoms with Crippen LogP contribution in [0.5, 0.6) is 0 Å². The fourth-order valence-corrected chi connectivity index (χ4v) is 2.93. The minimum atomic E-state index is -0.176. The van der Waals surface area contributed by atoms with Crippen molar-refractivity contribution in [2.75, 3.05) is 13.1 Å². The molecule has 1 N–H and O–H groups in total. The summed E-state index contributed by atoms with van der Waals surface area (Å²) in [6.07, 6.45) is 2.19. The van der Waals surface area contributed by atoms with Crippen LogP contribution in [0.2, 0.25) is 0 Å². The van der Waals surface area contributed by atoms with Crippen LogP contribution in [0.25, 0.3) is 0 Å². The molecule has 0 radical (unpaired) electrons.